The number of nitrogens with zero attached hydrogens (tertiary/aromatic N) is 2. The number of aromatic nitrogens is 1. The summed E-state index contributed by atoms with van der Waals surface area (Å²) in [4.78, 5) is 7.02. The van der Waals surface area contributed by atoms with Crippen molar-refractivity contribution in [3.63, 3.8) is 0 Å². The van der Waals surface area contributed by atoms with E-state index >= 15 is 0 Å². The number of aliphatic hydroxyl groups excluding tert-OH is 1. The fourth-order valence-corrected chi connectivity index (χ4v) is 3.45. The third-order valence-electron chi connectivity index (χ3n) is 3.44. The van der Waals surface area contributed by atoms with E-state index in [9.17, 15) is 0 Å². The van der Waals surface area contributed by atoms with E-state index < -0.39 is 0 Å². The molecule has 2 heterocycles. The molecule has 102 valence electrons. The summed E-state index contributed by atoms with van der Waals surface area (Å²) in [5, 5.41) is 9.88. The predicted molar refractivity (Wildman–Crippen MR) is 77.9 cm³/mol. The Hall–Kier alpha value is -1.17. The number of fused-ring (bicyclic) bond motifs is 1. The van der Waals surface area contributed by atoms with Crippen LogP contribution in [0.15, 0.2) is 24.3 Å². The molecule has 0 saturated carbocycles. The second kappa shape index (κ2) is 5.86. The highest BCUT2D eigenvalue weighted by Crippen LogP contribution is 2.30. The van der Waals surface area contributed by atoms with E-state index in [0.717, 1.165) is 36.6 Å². The zero-order valence-electron chi connectivity index (χ0n) is 10.8. The van der Waals surface area contributed by atoms with Crippen molar-refractivity contribution < 1.29 is 9.84 Å². The summed E-state index contributed by atoms with van der Waals surface area (Å²) in [7, 11) is 0. The maximum Gasteiger partial charge on any atom is 0.186 e. The summed E-state index contributed by atoms with van der Waals surface area (Å²) in [6.07, 6.45) is 2.31. The van der Waals surface area contributed by atoms with Gasteiger partial charge in [-0.15, -0.1) is 0 Å². The number of aliphatic hydroxyl groups is 1. The lowest BCUT2D eigenvalue weighted by Crippen LogP contribution is -2.37. The third kappa shape index (κ3) is 2.88. The van der Waals surface area contributed by atoms with E-state index in [1.54, 1.807) is 11.3 Å². The Balaban J connectivity index is 1.64. The van der Waals surface area contributed by atoms with Crippen molar-refractivity contribution in [1.29, 1.82) is 0 Å². The molecule has 1 N–H and O–H groups in total. The Bertz CT molecular complexity index is 502. The van der Waals surface area contributed by atoms with Crippen molar-refractivity contribution in [3.05, 3.63) is 24.3 Å². The predicted octanol–water partition coefficient (Wildman–Crippen LogP) is 2.27. The van der Waals surface area contributed by atoms with E-state index in [2.05, 4.69) is 28.1 Å². The fraction of sp³-hybridized carbons (Fsp3) is 0.500. The van der Waals surface area contributed by atoms with Crippen LogP contribution in [-0.4, -0.2) is 42.5 Å². The van der Waals surface area contributed by atoms with Crippen molar-refractivity contribution >= 4 is 26.7 Å². The van der Waals surface area contributed by atoms with Crippen molar-refractivity contribution in [2.75, 3.05) is 31.2 Å². The Morgan fingerprint density at radius 2 is 2.11 bits per heavy atom. The summed E-state index contributed by atoms with van der Waals surface area (Å²) in [6.45, 7) is 2.52. The lowest BCUT2D eigenvalue weighted by atomic mass is 10.1. The first-order chi connectivity index (χ1) is 9.36. The molecule has 1 aromatic carbocycles. The zero-order chi connectivity index (χ0) is 13.1. The van der Waals surface area contributed by atoms with E-state index in [1.165, 1.54) is 4.70 Å². The molecular weight excluding hydrogens is 260 g/mol. The minimum Gasteiger partial charge on any atom is -0.394 e. The molecule has 3 rings (SSSR count). The van der Waals surface area contributed by atoms with E-state index in [0.29, 0.717) is 6.61 Å². The number of rotatable bonds is 4. The number of hydrogen-bond donors (Lipinski definition) is 1. The van der Waals surface area contributed by atoms with Crippen molar-refractivity contribution in [3.8, 4) is 0 Å². The Morgan fingerprint density at radius 1 is 1.32 bits per heavy atom. The molecule has 1 fully saturated rings. The monoisotopic (exact) mass is 278 g/mol. The van der Waals surface area contributed by atoms with Gasteiger partial charge in [0, 0.05) is 13.1 Å². The molecule has 1 aromatic heterocycles. The maximum absolute atomic E-state index is 8.76. The topological polar surface area (TPSA) is 45.6 Å². The standard InChI is InChI=1S/C14H18N2O2S/c17-9-10-18-11-5-7-16(8-6-11)14-15-12-3-1-2-4-13(12)19-14/h1-4,11,17H,5-10H2. The number of piperidine rings is 1. The lowest BCUT2D eigenvalue weighted by molar-refractivity contribution is 0.0159. The smallest absolute Gasteiger partial charge is 0.186 e. The normalized spacial score (nSPS) is 17.2. The molecule has 0 amide bonds. The van der Waals surface area contributed by atoms with Gasteiger partial charge in [0.2, 0.25) is 0 Å². The number of para-hydroxylation sites is 1. The highest BCUT2D eigenvalue weighted by Gasteiger charge is 2.21. The third-order valence-corrected chi connectivity index (χ3v) is 4.54. The molecule has 1 aliphatic rings. The van der Waals surface area contributed by atoms with Crippen LogP contribution < -0.4 is 4.90 Å². The van der Waals surface area contributed by atoms with Crippen LogP contribution in [0.2, 0.25) is 0 Å². The summed E-state index contributed by atoms with van der Waals surface area (Å²) in [5.41, 5.74) is 1.08. The Labute approximate surface area is 116 Å². The number of anilines is 1. The SMILES string of the molecule is OCCOC1CCN(c2nc3ccccc3s2)CC1. The first kappa shape index (κ1) is 12.8. The largest absolute Gasteiger partial charge is 0.394 e. The quantitative estimate of drug-likeness (QED) is 0.932. The van der Waals surface area contributed by atoms with Gasteiger partial charge < -0.3 is 14.7 Å². The molecular formula is C14H18N2O2S. The Morgan fingerprint density at radius 3 is 2.84 bits per heavy atom. The van der Waals surface area contributed by atoms with Crippen LogP contribution in [-0.2, 0) is 4.74 Å². The molecule has 1 aliphatic heterocycles. The van der Waals surface area contributed by atoms with Gasteiger partial charge in [0.15, 0.2) is 5.13 Å². The van der Waals surface area contributed by atoms with Crippen molar-refractivity contribution in [2.45, 2.75) is 18.9 Å². The second-order valence-electron chi connectivity index (χ2n) is 4.74. The van der Waals surface area contributed by atoms with E-state index in [4.69, 9.17) is 9.84 Å². The lowest BCUT2D eigenvalue weighted by Gasteiger charge is -2.31. The van der Waals surface area contributed by atoms with Gasteiger partial charge in [0.05, 0.1) is 29.5 Å². The molecule has 0 atom stereocenters. The molecule has 4 nitrogen and oxygen atoms in total. The van der Waals surface area contributed by atoms with Gasteiger partial charge >= 0.3 is 0 Å². The molecule has 2 aromatic rings. The molecule has 19 heavy (non-hydrogen) atoms. The fourth-order valence-electron chi connectivity index (χ4n) is 2.43. The van der Waals surface area contributed by atoms with Gasteiger partial charge in [0.1, 0.15) is 0 Å². The molecule has 5 heteroatoms. The maximum atomic E-state index is 8.76. The van der Waals surface area contributed by atoms with Gasteiger partial charge in [-0.2, -0.15) is 0 Å². The highest BCUT2D eigenvalue weighted by molar-refractivity contribution is 7.22. The van der Waals surface area contributed by atoms with Crippen LogP contribution in [0.4, 0.5) is 5.13 Å². The van der Waals surface area contributed by atoms with Crippen molar-refractivity contribution in [1.82, 2.24) is 4.98 Å². The van der Waals surface area contributed by atoms with Crippen LogP contribution in [0.5, 0.6) is 0 Å². The van der Waals surface area contributed by atoms with Crippen LogP contribution in [0.3, 0.4) is 0 Å². The van der Waals surface area contributed by atoms with Crippen LogP contribution in [0.1, 0.15) is 12.8 Å². The first-order valence-corrected chi connectivity index (χ1v) is 7.51. The van der Waals surface area contributed by atoms with Crippen molar-refractivity contribution in [2.24, 2.45) is 0 Å². The first-order valence-electron chi connectivity index (χ1n) is 6.70. The number of ether oxygens (including phenoxy) is 1. The van der Waals surface area contributed by atoms with Gasteiger partial charge in [-0.3, -0.25) is 0 Å². The van der Waals surface area contributed by atoms with E-state index in [1.807, 2.05) is 6.07 Å². The summed E-state index contributed by atoms with van der Waals surface area (Å²) >= 11 is 1.76. The number of hydrogen-bond acceptors (Lipinski definition) is 5. The van der Waals surface area contributed by atoms with Gasteiger partial charge in [-0.25, -0.2) is 4.98 Å². The van der Waals surface area contributed by atoms with Gasteiger partial charge in [-0.1, -0.05) is 23.5 Å². The van der Waals surface area contributed by atoms with Gasteiger partial charge in [-0.05, 0) is 25.0 Å². The summed E-state index contributed by atoms with van der Waals surface area (Å²) in [5.74, 6) is 0. The second-order valence-corrected chi connectivity index (χ2v) is 5.75. The Kier molecular flexibility index (Phi) is 3.96. The average molecular weight is 278 g/mol. The van der Waals surface area contributed by atoms with Crippen LogP contribution >= 0.6 is 11.3 Å². The molecule has 1 saturated heterocycles. The molecule has 0 aliphatic carbocycles. The average Bonchev–Trinajstić information content (AvgIpc) is 2.89. The molecule has 0 unspecified atom stereocenters. The molecule has 0 radical (unpaired) electrons. The number of thiazole rings is 1. The number of benzene rings is 1. The minimum absolute atomic E-state index is 0.109. The summed E-state index contributed by atoms with van der Waals surface area (Å²) in [6, 6.07) is 8.26. The zero-order valence-corrected chi connectivity index (χ0v) is 11.6. The van der Waals surface area contributed by atoms with Crippen LogP contribution in [0.25, 0.3) is 10.2 Å². The van der Waals surface area contributed by atoms with E-state index in [-0.39, 0.29) is 12.7 Å². The molecule has 0 spiro atoms. The molecule has 0 bridgehead atoms. The van der Waals surface area contributed by atoms with Gasteiger partial charge in [0.25, 0.3) is 0 Å². The summed E-state index contributed by atoms with van der Waals surface area (Å²) < 4.78 is 6.83. The van der Waals surface area contributed by atoms with Crippen LogP contribution in [0, 0.1) is 0 Å². The minimum atomic E-state index is 0.109. The highest BCUT2D eigenvalue weighted by atomic mass is 32.1.